The predicted molar refractivity (Wildman–Crippen MR) is 145 cm³/mol. The summed E-state index contributed by atoms with van der Waals surface area (Å²) in [5.41, 5.74) is -1.50. The standard InChI is InChI=1S/C30H28F6N4O2/c1-40(28(42)19-14-21(29(31,32)33)17-22(15-19)30(34,35)36)24(16-20-18-39-26-8-3-2-7-25(20)26)9-10-27(41)38-13-11-23-6-4-5-12-37-23/h2-8,12,14-15,17-18,24,39H,9-11,13,16H2,1H3,(H,38,41). The van der Waals surface area contributed by atoms with Crippen LogP contribution in [0.3, 0.4) is 0 Å². The highest BCUT2D eigenvalue weighted by molar-refractivity contribution is 5.95. The molecule has 2 aromatic heterocycles. The van der Waals surface area contributed by atoms with Crippen LogP contribution in [0.4, 0.5) is 26.3 Å². The van der Waals surface area contributed by atoms with Gasteiger partial charge in [-0.05, 0) is 54.8 Å². The molecule has 0 bridgehead atoms. The van der Waals surface area contributed by atoms with E-state index in [-0.39, 0.29) is 31.2 Å². The first-order valence-electron chi connectivity index (χ1n) is 13.1. The van der Waals surface area contributed by atoms with Crippen LogP contribution in [0.5, 0.6) is 0 Å². The number of alkyl halides is 6. The lowest BCUT2D eigenvalue weighted by Gasteiger charge is -2.29. The molecule has 0 aliphatic carbocycles. The minimum Gasteiger partial charge on any atom is -0.361 e. The molecule has 0 saturated carbocycles. The largest absolute Gasteiger partial charge is 0.416 e. The highest BCUT2D eigenvalue weighted by Crippen LogP contribution is 2.36. The molecule has 4 aromatic rings. The molecule has 4 rings (SSSR count). The summed E-state index contributed by atoms with van der Waals surface area (Å²) in [6, 6.07) is 12.9. The average Bonchev–Trinajstić information content (AvgIpc) is 3.36. The number of nitrogens with one attached hydrogen (secondary N) is 2. The SMILES string of the molecule is CN(C(=O)c1cc(C(F)(F)F)cc(C(F)(F)F)c1)C(CCC(=O)NCCc1ccccn1)Cc1c[nH]c2ccccc12. The molecule has 1 atom stereocenters. The number of likely N-dealkylation sites (N-methyl/N-ethyl adjacent to an activating group) is 1. The number of H-pyrrole nitrogens is 1. The monoisotopic (exact) mass is 590 g/mol. The van der Waals surface area contributed by atoms with Crippen LogP contribution < -0.4 is 5.32 Å². The van der Waals surface area contributed by atoms with Gasteiger partial charge in [-0.3, -0.25) is 14.6 Å². The van der Waals surface area contributed by atoms with Gasteiger partial charge in [0, 0.05) is 67.0 Å². The molecule has 0 fully saturated rings. The molecule has 0 spiro atoms. The molecule has 0 radical (unpaired) electrons. The number of pyridine rings is 1. The number of carbonyl (C=O) groups is 2. The highest BCUT2D eigenvalue weighted by Gasteiger charge is 2.38. The number of hydrogen-bond acceptors (Lipinski definition) is 3. The molecule has 0 aliphatic heterocycles. The summed E-state index contributed by atoms with van der Waals surface area (Å²) in [7, 11) is 1.31. The normalized spacial score (nSPS) is 12.7. The van der Waals surface area contributed by atoms with Crippen LogP contribution in [0.25, 0.3) is 10.9 Å². The van der Waals surface area contributed by atoms with Crippen molar-refractivity contribution in [3.63, 3.8) is 0 Å². The Morgan fingerprint density at radius 1 is 0.952 bits per heavy atom. The van der Waals surface area contributed by atoms with Gasteiger partial charge < -0.3 is 15.2 Å². The third-order valence-corrected chi connectivity index (χ3v) is 6.97. The number of amides is 2. The lowest BCUT2D eigenvalue weighted by atomic mass is 9.98. The number of rotatable bonds is 10. The average molecular weight is 591 g/mol. The van der Waals surface area contributed by atoms with Crippen molar-refractivity contribution in [2.75, 3.05) is 13.6 Å². The van der Waals surface area contributed by atoms with Gasteiger partial charge in [0.15, 0.2) is 0 Å². The van der Waals surface area contributed by atoms with Crippen LogP contribution in [0.15, 0.2) is 73.1 Å². The van der Waals surface area contributed by atoms with Gasteiger partial charge in [0.1, 0.15) is 0 Å². The molecule has 1 unspecified atom stereocenters. The molecule has 42 heavy (non-hydrogen) atoms. The van der Waals surface area contributed by atoms with Crippen LogP contribution in [0.1, 0.15) is 45.6 Å². The Hall–Kier alpha value is -4.35. The van der Waals surface area contributed by atoms with Crippen molar-refractivity contribution in [3.8, 4) is 0 Å². The van der Waals surface area contributed by atoms with Gasteiger partial charge in [0.25, 0.3) is 5.91 Å². The zero-order chi connectivity index (χ0) is 30.5. The fourth-order valence-corrected chi connectivity index (χ4v) is 4.70. The van der Waals surface area contributed by atoms with E-state index in [0.717, 1.165) is 27.1 Å². The van der Waals surface area contributed by atoms with Crippen LogP contribution in [0.2, 0.25) is 0 Å². The number of fused-ring (bicyclic) bond motifs is 1. The maximum absolute atomic E-state index is 13.4. The van der Waals surface area contributed by atoms with E-state index in [1.807, 2.05) is 36.4 Å². The van der Waals surface area contributed by atoms with Gasteiger partial charge >= 0.3 is 12.4 Å². The second-order valence-electron chi connectivity index (χ2n) is 9.89. The Morgan fingerprint density at radius 2 is 1.62 bits per heavy atom. The van der Waals surface area contributed by atoms with E-state index in [4.69, 9.17) is 0 Å². The molecule has 2 amide bonds. The summed E-state index contributed by atoms with van der Waals surface area (Å²) in [6.45, 7) is 0.322. The topological polar surface area (TPSA) is 78.1 Å². The van der Waals surface area contributed by atoms with E-state index < -0.39 is 41.0 Å². The molecule has 6 nitrogen and oxygen atoms in total. The van der Waals surface area contributed by atoms with Gasteiger partial charge in [-0.1, -0.05) is 24.3 Å². The summed E-state index contributed by atoms with van der Waals surface area (Å²) >= 11 is 0. The molecule has 0 aliphatic rings. The highest BCUT2D eigenvalue weighted by atomic mass is 19.4. The fraction of sp³-hybridized carbons (Fsp3) is 0.300. The number of hydrogen-bond donors (Lipinski definition) is 2. The molecule has 2 aromatic carbocycles. The van der Waals surface area contributed by atoms with E-state index in [1.165, 1.54) is 7.05 Å². The molecule has 2 N–H and O–H groups in total. The predicted octanol–water partition coefficient (Wildman–Crippen LogP) is 6.42. The Morgan fingerprint density at radius 3 is 2.26 bits per heavy atom. The Kier molecular flexibility index (Phi) is 9.23. The van der Waals surface area contributed by atoms with Gasteiger partial charge in [0.2, 0.25) is 5.91 Å². The van der Waals surface area contributed by atoms with Gasteiger partial charge in [-0.2, -0.15) is 26.3 Å². The third kappa shape index (κ3) is 7.68. The van der Waals surface area contributed by atoms with Crippen LogP contribution in [-0.4, -0.2) is 46.3 Å². The van der Waals surface area contributed by atoms with Crippen LogP contribution in [0, 0.1) is 0 Å². The summed E-state index contributed by atoms with van der Waals surface area (Å²) < 4.78 is 80.6. The first kappa shape index (κ1) is 30.6. The first-order chi connectivity index (χ1) is 19.8. The van der Waals surface area contributed by atoms with Crippen molar-refractivity contribution < 1.29 is 35.9 Å². The van der Waals surface area contributed by atoms with E-state index >= 15 is 0 Å². The van der Waals surface area contributed by atoms with E-state index in [2.05, 4.69) is 15.3 Å². The number of halogens is 6. The Balaban J connectivity index is 1.56. The van der Waals surface area contributed by atoms with E-state index in [1.54, 1.807) is 18.5 Å². The van der Waals surface area contributed by atoms with Crippen molar-refractivity contribution in [2.45, 2.75) is 44.1 Å². The lowest BCUT2D eigenvalue weighted by molar-refractivity contribution is -0.143. The molecular weight excluding hydrogens is 562 g/mol. The van der Waals surface area contributed by atoms with Gasteiger partial charge in [0.05, 0.1) is 11.1 Å². The van der Waals surface area contributed by atoms with Gasteiger partial charge in [-0.15, -0.1) is 0 Å². The second-order valence-corrected chi connectivity index (χ2v) is 9.89. The zero-order valence-electron chi connectivity index (χ0n) is 22.5. The van der Waals surface area contributed by atoms with E-state index in [0.29, 0.717) is 25.1 Å². The molecule has 222 valence electrons. The van der Waals surface area contributed by atoms with Gasteiger partial charge in [-0.25, -0.2) is 0 Å². The number of para-hydroxylation sites is 1. The number of nitrogens with zero attached hydrogens (tertiary/aromatic N) is 2. The summed E-state index contributed by atoms with van der Waals surface area (Å²) in [5, 5.41) is 3.63. The quantitative estimate of drug-likeness (QED) is 0.209. The fourth-order valence-electron chi connectivity index (χ4n) is 4.70. The van der Waals surface area contributed by atoms with Crippen molar-refractivity contribution in [1.29, 1.82) is 0 Å². The van der Waals surface area contributed by atoms with Crippen LogP contribution in [-0.2, 0) is 30.0 Å². The molecule has 2 heterocycles. The van der Waals surface area contributed by atoms with Crippen molar-refractivity contribution in [3.05, 3.63) is 101 Å². The second kappa shape index (κ2) is 12.7. The summed E-state index contributed by atoms with van der Waals surface area (Å²) in [5.74, 6) is -1.33. The summed E-state index contributed by atoms with van der Waals surface area (Å²) in [4.78, 5) is 34.4. The van der Waals surface area contributed by atoms with Crippen LogP contribution >= 0.6 is 0 Å². The van der Waals surface area contributed by atoms with E-state index in [9.17, 15) is 35.9 Å². The minimum atomic E-state index is -5.09. The smallest absolute Gasteiger partial charge is 0.361 e. The molecule has 0 saturated heterocycles. The number of aromatic amines is 1. The molecule has 12 heteroatoms. The molecular formula is C30H28F6N4O2. The maximum Gasteiger partial charge on any atom is 0.416 e. The maximum atomic E-state index is 13.4. The lowest BCUT2D eigenvalue weighted by Crippen LogP contribution is -2.40. The number of carbonyl (C=O) groups excluding carboxylic acids is 2. The van der Waals surface area contributed by atoms with Crippen molar-refractivity contribution in [2.24, 2.45) is 0 Å². The Labute approximate surface area is 237 Å². The number of benzene rings is 2. The van der Waals surface area contributed by atoms with Crippen molar-refractivity contribution >= 4 is 22.7 Å². The first-order valence-corrected chi connectivity index (χ1v) is 13.1. The van der Waals surface area contributed by atoms with Crippen molar-refractivity contribution in [1.82, 2.24) is 20.2 Å². The summed E-state index contributed by atoms with van der Waals surface area (Å²) in [6.07, 6.45) is -6.02. The zero-order valence-corrected chi connectivity index (χ0v) is 22.5. The third-order valence-electron chi connectivity index (χ3n) is 6.97. The minimum absolute atomic E-state index is 0.0183. The number of aromatic nitrogens is 2. The Bertz CT molecular complexity index is 1500.